The molecule has 3 amide bonds. The molecule has 0 bridgehead atoms. The lowest BCUT2D eigenvalue weighted by atomic mass is 9.97. The van der Waals surface area contributed by atoms with Gasteiger partial charge in [0.25, 0.3) is 0 Å². The average Bonchev–Trinajstić information content (AvgIpc) is 2.83. The van der Waals surface area contributed by atoms with Crippen LogP contribution in [0.25, 0.3) is 0 Å². The Morgan fingerprint density at radius 1 is 1.06 bits per heavy atom. The number of piperidine rings is 1. The second-order valence-electron chi connectivity index (χ2n) is 8.78. The molecule has 34 heavy (non-hydrogen) atoms. The van der Waals surface area contributed by atoms with Crippen LogP contribution < -0.4 is 15.4 Å². The lowest BCUT2D eigenvalue weighted by Crippen LogP contribution is -2.43. The summed E-state index contributed by atoms with van der Waals surface area (Å²) >= 11 is 0. The quantitative estimate of drug-likeness (QED) is 0.593. The number of anilines is 1. The number of amides is 3. The topological polar surface area (TPSA) is 105 Å². The molecular weight excluding hydrogens is 454 g/mol. The van der Waals surface area contributed by atoms with Gasteiger partial charge >= 0.3 is 6.03 Å². The van der Waals surface area contributed by atoms with Gasteiger partial charge in [-0.3, -0.25) is 4.79 Å². The van der Waals surface area contributed by atoms with Crippen molar-refractivity contribution in [2.24, 2.45) is 5.92 Å². The number of nitrogens with zero attached hydrogens (tertiary/aromatic N) is 1. The van der Waals surface area contributed by atoms with E-state index in [1.807, 2.05) is 12.1 Å². The standard InChI is InChI=1S/C25H33N3O5S/c1-18(2)34(31,32)21-10-8-19(9-11-21)16-24(29)26-17-20-12-14-28(15-13-20)25(30)27-22-6-4-5-7-23(22)33-3/h4-11,18,20H,12-17H2,1-3H3,(H,26,29)(H,27,30). The Morgan fingerprint density at radius 3 is 2.32 bits per heavy atom. The highest BCUT2D eigenvalue weighted by atomic mass is 32.2. The van der Waals surface area contributed by atoms with Crippen molar-refractivity contribution >= 4 is 27.5 Å². The maximum absolute atomic E-state index is 12.6. The van der Waals surface area contributed by atoms with Crippen LogP contribution in [0.2, 0.25) is 0 Å². The summed E-state index contributed by atoms with van der Waals surface area (Å²) in [6.07, 6.45) is 1.81. The highest BCUT2D eigenvalue weighted by Gasteiger charge is 2.24. The van der Waals surface area contributed by atoms with Crippen LogP contribution in [0.4, 0.5) is 10.5 Å². The molecule has 2 N–H and O–H groups in total. The number of methoxy groups -OCH3 is 1. The number of sulfone groups is 1. The molecule has 8 nitrogen and oxygen atoms in total. The SMILES string of the molecule is COc1ccccc1NC(=O)N1CCC(CNC(=O)Cc2ccc(S(=O)(=O)C(C)C)cc2)CC1. The molecule has 1 saturated heterocycles. The van der Waals surface area contributed by atoms with Crippen molar-refractivity contribution in [1.29, 1.82) is 0 Å². The minimum absolute atomic E-state index is 0.101. The first kappa shape index (κ1) is 25.6. The normalized spacial score (nSPS) is 14.6. The van der Waals surface area contributed by atoms with Crippen molar-refractivity contribution in [2.45, 2.75) is 43.3 Å². The molecule has 0 aromatic heterocycles. The molecule has 0 saturated carbocycles. The molecule has 1 aliphatic rings. The number of para-hydroxylation sites is 2. The number of nitrogens with one attached hydrogen (secondary N) is 2. The van der Waals surface area contributed by atoms with Crippen LogP contribution in [0, 0.1) is 5.92 Å². The van der Waals surface area contributed by atoms with E-state index in [-0.39, 0.29) is 23.3 Å². The van der Waals surface area contributed by atoms with Crippen molar-refractivity contribution in [2.75, 3.05) is 32.1 Å². The largest absolute Gasteiger partial charge is 0.495 e. The van der Waals surface area contributed by atoms with Crippen LogP contribution in [-0.2, 0) is 21.1 Å². The second kappa shape index (κ2) is 11.4. The first-order chi connectivity index (χ1) is 16.2. The maximum atomic E-state index is 12.6. The number of benzene rings is 2. The van der Waals surface area contributed by atoms with Crippen LogP contribution in [-0.4, -0.2) is 57.3 Å². The Hall–Kier alpha value is -3.07. The van der Waals surface area contributed by atoms with Gasteiger partial charge < -0.3 is 20.3 Å². The number of rotatable bonds is 8. The van der Waals surface area contributed by atoms with E-state index < -0.39 is 15.1 Å². The second-order valence-corrected chi connectivity index (χ2v) is 11.3. The number of likely N-dealkylation sites (tertiary alicyclic amines) is 1. The minimum atomic E-state index is -3.32. The van der Waals surface area contributed by atoms with Crippen molar-refractivity contribution in [3.63, 3.8) is 0 Å². The van der Waals surface area contributed by atoms with E-state index in [9.17, 15) is 18.0 Å². The van der Waals surface area contributed by atoms with Crippen molar-refractivity contribution in [3.05, 3.63) is 54.1 Å². The summed E-state index contributed by atoms with van der Waals surface area (Å²) in [7, 11) is -1.75. The summed E-state index contributed by atoms with van der Waals surface area (Å²) in [5.74, 6) is 0.818. The third kappa shape index (κ3) is 6.50. The number of ether oxygens (including phenoxy) is 1. The average molecular weight is 488 g/mol. The molecule has 0 atom stereocenters. The lowest BCUT2D eigenvalue weighted by molar-refractivity contribution is -0.120. The highest BCUT2D eigenvalue weighted by Crippen LogP contribution is 2.24. The zero-order valence-corrected chi connectivity index (χ0v) is 20.7. The summed E-state index contributed by atoms with van der Waals surface area (Å²) in [5.41, 5.74) is 1.40. The highest BCUT2D eigenvalue weighted by molar-refractivity contribution is 7.92. The Bertz CT molecular complexity index is 1090. The van der Waals surface area contributed by atoms with Gasteiger partial charge in [-0.1, -0.05) is 24.3 Å². The summed E-state index contributed by atoms with van der Waals surface area (Å²) in [6.45, 7) is 5.09. The smallest absolute Gasteiger partial charge is 0.321 e. The van der Waals surface area contributed by atoms with Gasteiger partial charge in [0.2, 0.25) is 5.91 Å². The van der Waals surface area contributed by atoms with Gasteiger partial charge in [-0.05, 0) is 62.4 Å². The molecule has 0 aliphatic carbocycles. The zero-order valence-electron chi connectivity index (χ0n) is 19.9. The molecule has 1 aliphatic heterocycles. The van der Waals surface area contributed by atoms with E-state index in [1.54, 1.807) is 62.3 Å². The summed E-state index contributed by atoms with van der Waals surface area (Å²) in [6, 6.07) is 13.6. The third-order valence-electron chi connectivity index (χ3n) is 6.08. The fourth-order valence-corrected chi connectivity index (χ4v) is 4.92. The minimum Gasteiger partial charge on any atom is -0.495 e. The van der Waals surface area contributed by atoms with Gasteiger partial charge in [0, 0.05) is 19.6 Å². The van der Waals surface area contributed by atoms with Crippen LogP contribution in [0.15, 0.2) is 53.4 Å². The lowest BCUT2D eigenvalue weighted by Gasteiger charge is -2.32. The summed E-state index contributed by atoms with van der Waals surface area (Å²) in [4.78, 5) is 27.0. The first-order valence-corrected chi connectivity index (χ1v) is 13.0. The number of hydrogen-bond donors (Lipinski definition) is 2. The first-order valence-electron chi connectivity index (χ1n) is 11.5. The van der Waals surface area contributed by atoms with E-state index in [2.05, 4.69) is 10.6 Å². The van der Waals surface area contributed by atoms with E-state index in [4.69, 9.17) is 4.74 Å². The van der Waals surface area contributed by atoms with Crippen LogP contribution in [0.1, 0.15) is 32.3 Å². The molecule has 184 valence electrons. The monoisotopic (exact) mass is 487 g/mol. The molecule has 3 rings (SSSR count). The van der Waals surface area contributed by atoms with Gasteiger partial charge in [0.05, 0.1) is 29.4 Å². The molecule has 1 fully saturated rings. The zero-order chi connectivity index (χ0) is 24.7. The molecule has 0 radical (unpaired) electrons. The molecule has 2 aromatic carbocycles. The van der Waals surface area contributed by atoms with Gasteiger partial charge in [-0.2, -0.15) is 0 Å². The van der Waals surface area contributed by atoms with E-state index in [0.29, 0.717) is 37.0 Å². The molecule has 2 aromatic rings. The number of hydrogen-bond acceptors (Lipinski definition) is 5. The van der Waals surface area contributed by atoms with E-state index in [0.717, 1.165) is 18.4 Å². The fraction of sp³-hybridized carbons (Fsp3) is 0.440. The summed E-state index contributed by atoms with van der Waals surface area (Å²) in [5, 5.41) is 5.38. The van der Waals surface area contributed by atoms with Gasteiger partial charge in [0.1, 0.15) is 5.75 Å². The van der Waals surface area contributed by atoms with Crippen LogP contribution in [0.5, 0.6) is 5.75 Å². The van der Waals surface area contributed by atoms with Crippen LogP contribution >= 0.6 is 0 Å². The van der Waals surface area contributed by atoms with Crippen LogP contribution in [0.3, 0.4) is 0 Å². The third-order valence-corrected chi connectivity index (χ3v) is 8.25. The number of carbonyl (C=O) groups is 2. The van der Waals surface area contributed by atoms with Crippen molar-refractivity contribution < 1.29 is 22.7 Å². The number of carbonyl (C=O) groups excluding carboxylic acids is 2. The Morgan fingerprint density at radius 2 is 1.71 bits per heavy atom. The predicted molar refractivity (Wildman–Crippen MR) is 132 cm³/mol. The van der Waals surface area contributed by atoms with E-state index in [1.165, 1.54) is 0 Å². The fourth-order valence-electron chi connectivity index (χ4n) is 3.86. The Balaban J connectivity index is 1.42. The molecule has 0 unspecified atom stereocenters. The van der Waals surface area contributed by atoms with Gasteiger partial charge in [-0.15, -0.1) is 0 Å². The maximum Gasteiger partial charge on any atom is 0.321 e. The Labute approximate surface area is 201 Å². The van der Waals surface area contributed by atoms with Crippen molar-refractivity contribution in [1.82, 2.24) is 10.2 Å². The number of urea groups is 1. The molecular formula is C25H33N3O5S. The molecule has 0 spiro atoms. The van der Waals surface area contributed by atoms with Crippen molar-refractivity contribution in [3.8, 4) is 5.75 Å². The predicted octanol–water partition coefficient (Wildman–Crippen LogP) is 3.48. The molecule has 1 heterocycles. The molecule has 9 heteroatoms. The van der Waals surface area contributed by atoms with E-state index >= 15 is 0 Å². The Kier molecular flexibility index (Phi) is 8.55. The van der Waals surface area contributed by atoms with Gasteiger partial charge in [0.15, 0.2) is 9.84 Å². The summed E-state index contributed by atoms with van der Waals surface area (Å²) < 4.78 is 29.7. The van der Waals surface area contributed by atoms with Gasteiger partial charge in [-0.25, -0.2) is 13.2 Å².